The van der Waals surface area contributed by atoms with Crippen LogP contribution in [0.2, 0.25) is 0 Å². The molecule has 1 aromatic carbocycles. The second-order valence-electron chi connectivity index (χ2n) is 7.44. The molecule has 2 heterocycles. The maximum atomic E-state index is 14.2. The standard InChI is InChI=1S/C18H21FN4O/c1-18(2)8-12-16-14(9-18)23(5-4-20-3)13-7-10(19)6-11(15(13)16)17(24)22-21-12/h6-7,20H,4-5,8-9H2,1-3H3,(H,22,24). The summed E-state index contributed by atoms with van der Waals surface area (Å²) in [5, 5.41) is 8.35. The number of amides is 1. The number of likely N-dealkylation sites (N-methyl/N-ethyl adjacent to an activating group) is 1. The summed E-state index contributed by atoms with van der Waals surface area (Å²) in [4.78, 5) is 12.4. The predicted molar refractivity (Wildman–Crippen MR) is 91.9 cm³/mol. The number of hydrogen-bond donors (Lipinski definition) is 2. The maximum absolute atomic E-state index is 14.2. The van der Waals surface area contributed by atoms with Gasteiger partial charge in [-0.2, -0.15) is 5.10 Å². The van der Waals surface area contributed by atoms with E-state index in [-0.39, 0.29) is 11.3 Å². The first-order valence-electron chi connectivity index (χ1n) is 8.28. The number of aromatic nitrogens is 1. The van der Waals surface area contributed by atoms with Crippen LogP contribution in [0, 0.1) is 11.2 Å². The van der Waals surface area contributed by atoms with E-state index in [2.05, 4.69) is 34.3 Å². The number of carbonyl (C=O) groups excluding carboxylic acids is 1. The number of nitrogens with zero attached hydrogens (tertiary/aromatic N) is 2. The molecule has 6 heteroatoms. The lowest BCUT2D eigenvalue weighted by Crippen LogP contribution is -2.30. The lowest BCUT2D eigenvalue weighted by Gasteiger charge is -2.31. The summed E-state index contributed by atoms with van der Waals surface area (Å²) < 4.78 is 16.3. The largest absolute Gasteiger partial charge is 0.343 e. The summed E-state index contributed by atoms with van der Waals surface area (Å²) in [5.74, 6) is -0.733. The minimum atomic E-state index is -0.393. The van der Waals surface area contributed by atoms with Crippen molar-refractivity contribution in [3.63, 3.8) is 0 Å². The van der Waals surface area contributed by atoms with E-state index < -0.39 is 5.82 Å². The van der Waals surface area contributed by atoms with Crippen LogP contribution in [0.4, 0.5) is 4.39 Å². The van der Waals surface area contributed by atoms with Gasteiger partial charge >= 0.3 is 0 Å². The van der Waals surface area contributed by atoms with E-state index in [0.29, 0.717) is 5.56 Å². The topological polar surface area (TPSA) is 58.4 Å². The third kappa shape index (κ3) is 2.17. The van der Waals surface area contributed by atoms with E-state index in [1.54, 1.807) is 0 Å². The van der Waals surface area contributed by atoms with Gasteiger partial charge < -0.3 is 9.88 Å². The Balaban J connectivity index is 2.10. The molecule has 4 rings (SSSR count). The smallest absolute Gasteiger partial charge is 0.272 e. The van der Waals surface area contributed by atoms with Gasteiger partial charge in [-0.15, -0.1) is 0 Å². The van der Waals surface area contributed by atoms with Gasteiger partial charge in [-0.05, 0) is 37.4 Å². The van der Waals surface area contributed by atoms with E-state index in [4.69, 9.17) is 0 Å². The van der Waals surface area contributed by atoms with Gasteiger partial charge in [-0.3, -0.25) is 4.79 Å². The summed E-state index contributed by atoms with van der Waals surface area (Å²) in [7, 11) is 1.90. The molecule has 24 heavy (non-hydrogen) atoms. The zero-order chi connectivity index (χ0) is 17.1. The molecule has 1 aliphatic carbocycles. The Hall–Kier alpha value is -2.21. The first kappa shape index (κ1) is 15.3. The Kier molecular flexibility index (Phi) is 3.28. The molecular weight excluding hydrogens is 307 g/mol. The highest BCUT2D eigenvalue weighted by Crippen LogP contribution is 2.42. The molecule has 5 nitrogen and oxygen atoms in total. The van der Waals surface area contributed by atoms with Crippen LogP contribution in [0.5, 0.6) is 0 Å². The minimum absolute atomic E-state index is 0.0470. The van der Waals surface area contributed by atoms with Crippen LogP contribution in [-0.4, -0.2) is 29.8 Å². The molecule has 2 aromatic rings. The molecular formula is C18H21FN4O. The minimum Gasteiger partial charge on any atom is -0.343 e. The molecule has 126 valence electrons. The molecule has 0 fully saturated rings. The van der Waals surface area contributed by atoms with E-state index in [0.717, 1.165) is 53.8 Å². The second kappa shape index (κ2) is 5.14. The second-order valence-corrected chi connectivity index (χ2v) is 7.44. The molecule has 2 aliphatic rings. The quantitative estimate of drug-likeness (QED) is 0.909. The van der Waals surface area contributed by atoms with Gasteiger partial charge in [0.15, 0.2) is 0 Å². The molecule has 0 unspecified atom stereocenters. The van der Waals surface area contributed by atoms with E-state index >= 15 is 0 Å². The van der Waals surface area contributed by atoms with Crippen molar-refractivity contribution in [3.8, 4) is 0 Å². The summed E-state index contributed by atoms with van der Waals surface area (Å²) in [6.07, 6.45) is 1.68. The average molecular weight is 328 g/mol. The summed E-state index contributed by atoms with van der Waals surface area (Å²) in [6.45, 7) is 5.91. The SMILES string of the molecule is CNCCn1c2c3c4c(cc(F)cc41)C(=O)NN=C3CC(C)(C)C2. The van der Waals surface area contributed by atoms with Gasteiger partial charge in [-0.1, -0.05) is 13.8 Å². The molecule has 1 aromatic heterocycles. The molecule has 0 radical (unpaired) electrons. The number of carbonyl (C=O) groups is 1. The van der Waals surface area contributed by atoms with Crippen molar-refractivity contribution in [1.29, 1.82) is 0 Å². The van der Waals surface area contributed by atoms with Crippen molar-refractivity contribution in [2.24, 2.45) is 10.5 Å². The lowest BCUT2D eigenvalue weighted by molar-refractivity contribution is 0.0956. The van der Waals surface area contributed by atoms with Gasteiger partial charge in [0.05, 0.1) is 16.8 Å². The fourth-order valence-corrected chi connectivity index (χ4v) is 3.98. The highest BCUT2D eigenvalue weighted by Gasteiger charge is 2.37. The Labute approximate surface area is 139 Å². The van der Waals surface area contributed by atoms with Gasteiger partial charge in [0.25, 0.3) is 5.91 Å². The monoisotopic (exact) mass is 328 g/mol. The van der Waals surface area contributed by atoms with Crippen LogP contribution in [-0.2, 0) is 13.0 Å². The molecule has 1 amide bonds. The van der Waals surface area contributed by atoms with Crippen LogP contribution < -0.4 is 10.7 Å². The third-order valence-electron chi connectivity index (χ3n) is 4.94. The molecule has 0 spiro atoms. The Morgan fingerprint density at radius 2 is 2.17 bits per heavy atom. The number of benzene rings is 1. The zero-order valence-corrected chi connectivity index (χ0v) is 14.2. The van der Waals surface area contributed by atoms with Gasteiger partial charge in [0, 0.05) is 29.7 Å². The fraction of sp³-hybridized carbons (Fsp3) is 0.444. The lowest BCUT2D eigenvalue weighted by atomic mass is 9.75. The van der Waals surface area contributed by atoms with Crippen molar-refractivity contribution >= 4 is 22.5 Å². The Morgan fingerprint density at radius 3 is 2.92 bits per heavy atom. The van der Waals surface area contributed by atoms with Crippen LogP contribution in [0.25, 0.3) is 10.9 Å². The van der Waals surface area contributed by atoms with E-state index in [9.17, 15) is 9.18 Å². The van der Waals surface area contributed by atoms with Crippen molar-refractivity contribution in [1.82, 2.24) is 15.3 Å². The van der Waals surface area contributed by atoms with Gasteiger partial charge in [0.1, 0.15) is 5.82 Å². The Bertz CT molecular complexity index is 894. The number of halogens is 1. The fourth-order valence-electron chi connectivity index (χ4n) is 3.98. The molecule has 0 saturated heterocycles. The van der Waals surface area contributed by atoms with Crippen LogP contribution in [0.1, 0.15) is 41.9 Å². The van der Waals surface area contributed by atoms with E-state index in [1.165, 1.54) is 12.1 Å². The highest BCUT2D eigenvalue weighted by molar-refractivity contribution is 6.21. The molecule has 2 N–H and O–H groups in total. The van der Waals surface area contributed by atoms with E-state index in [1.807, 2.05) is 7.05 Å². The molecule has 1 aliphatic heterocycles. The molecule has 0 saturated carbocycles. The zero-order valence-electron chi connectivity index (χ0n) is 14.2. The predicted octanol–water partition coefficient (Wildman–Crippen LogP) is 2.42. The molecule has 0 bridgehead atoms. The van der Waals surface area contributed by atoms with Crippen LogP contribution >= 0.6 is 0 Å². The van der Waals surface area contributed by atoms with Crippen molar-refractivity contribution in [2.45, 2.75) is 33.2 Å². The first-order valence-corrected chi connectivity index (χ1v) is 8.28. The van der Waals surface area contributed by atoms with Crippen molar-refractivity contribution < 1.29 is 9.18 Å². The third-order valence-corrected chi connectivity index (χ3v) is 4.94. The maximum Gasteiger partial charge on any atom is 0.272 e. The number of hydrogen-bond acceptors (Lipinski definition) is 3. The van der Waals surface area contributed by atoms with Gasteiger partial charge in [-0.25, -0.2) is 9.82 Å². The van der Waals surface area contributed by atoms with Crippen LogP contribution in [0.15, 0.2) is 17.2 Å². The summed E-state index contributed by atoms with van der Waals surface area (Å²) in [5.41, 5.74) is 6.87. The number of rotatable bonds is 3. The first-order chi connectivity index (χ1) is 11.4. The summed E-state index contributed by atoms with van der Waals surface area (Å²) >= 11 is 0. The van der Waals surface area contributed by atoms with Crippen LogP contribution in [0.3, 0.4) is 0 Å². The normalized spacial score (nSPS) is 18.3. The van der Waals surface area contributed by atoms with Gasteiger partial charge in [0.2, 0.25) is 0 Å². The number of nitrogens with one attached hydrogen (secondary N) is 2. The average Bonchev–Trinajstić information content (AvgIpc) is 2.73. The van der Waals surface area contributed by atoms with Crippen molar-refractivity contribution in [2.75, 3.05) is 13.6 Å². The highest BCUT2D eigenvalue weighted by atomic mass is 19.1. The summed E-state index contributed by atoms with van der Waals surface area (Å²) in [6, 6.07) is 2.86. The Morgan fingerprint density at radius 1 is 1.38 bits per heavy atom. The van der Waals surface area contributed by atoms with Crippen molar-refractivity contribution in [3.05, 3.63) is 34.8 Å². The molecule has 0 atom stereocenters. The number of hydrazone groups is 1.